The van der Waals surface area contributed by atoms with Crippen molar-refractivity contribution in [2.45, 2.75) is 25.4 Å². The zero-order chi connectivity index (χ0) is 27.7. The van der Waals surface area contributed by atoms with Gasteiger partial charge in [0.25, 0.3) is 0 Å². The summed E-state index contributed by atoms with van der Waals surface area (Å²) in [5.41, 5.74) is 2.66. The number of hydrogen-bond donors (Lipinski definition) is 0. The van der Waals surface area contributed by atoms with Gasteiger partial charge in [0.05, 0.1) is 11.1 Å². The van der Waals surface area contributed by atoms with E-state index in [1.54, 1.807) is 72.8 Å². The molecular weight excluding hydrogens is 512 g/mol. The molecule has 2 heterocycles. The van der Waals surface area contributed by atoms with E-state index in [1.807, 2.05) is 38.1 Å². The second-order valence-electron chi connectivity index (χ2n) is 9.93. The highest BCUT2D eigenvalue weighted by Crippen LogP contribution is 2.31. The van der Waals surface area contributed by atoms with Crippen LogP contribution in [0.5, 0.6) is 23.0 Å². The van der Waals surface area contributed by atoms with Crippen LogP contribution >= 0.6 is 0 Å². The van der Waals surface area contributed by atoms with Gasteiger partial charge in [-0.2, -0.15) is 0 Å². The molecule has 0 radical (unpaired) electrons. The summed E-state index contributed by atoms with van der Waals surface area (Å²) in [7, 11) is 0. The van der Waals surface area contributed by atoms with Crippen molar-refractivity contribution in [2.75, 3.05) is 13.2 Å². The Labute approximate surface area is 231 Å². The fourth-order valence-corrected chi connectivity index (χ4v) is 3.90. The van der Waals surface area contributed by atoms with E-state index < -0.39 is 23.5 Å². The summed E-state index contributed by atoms with van der Waals surface area (Å²) >= 11 is 0. The van der Waals surface area contributed by atoms with Gasteiger partial charge in [0.15, 0.2) is 0 Å². The van der Waals surface area contributed by atoms with Crippen molar-refractivity contribution in [3.05, 3.63) is 108 Å². The first-order chi connectivity index (χ1) is 19.3. The van der Waals surface area contributed by atoms with Crippen LogP contribution in [0.25, 0.3) is 11.1 Å². The zero-order valence-electron chi connectivity index (χ0n) is 21.9. The summed E-state index contributed by atoms with van der Waals surface area (Å²) in [4.78, 5) is 25.1. The Morgan fingerprint density at radius 3 is 1.12 bits per heavy atom. The van der Waals surface area contributed by atoms with Crippen LogP contribution in [0.15, 0.2) is 97.1 Å². The zero-order valence-corrected chi connectivity index (χ0v) is 21.9. The third-order valence-electron chi connectivity index (χ3n) is 6.41. The van der Waals surface area contributed by atoms with Gasteiger partial charge < -0.3 is 28.4 Å². The molecule has 8 heteroatoms. The minimum atomic E-state index is -0.568. The van der Waals surface area contributed by atoms with Gasteiger partial charge in [0.1, 0.15) is 36.2 Å². The molecule has 4 aromatic rings. The monoisotopic (exact) mass is 538 g/mol. The van der Waals surface area contributed by atoms with Crippen LogP contribution in [0.2, 0.25) is 0 Å². The van der Waals surface area contributed by atoms with Gasteiger partial charge in [-0.05, 0) is 83.9 Å². The third kappa shape index (κ3) is 6.14. The molecule has 40 heavy (non-hydrogen) atoms. The molecule has 0 N–H and O–H groups in total. The van der Waals surface area contributed by atoms with E-state index in [0.717, 1.165) is 11.1 Å². The third-order valence-corrected chi connectivity index (χ3v) is 6.41. The first-order valence-electron chi connectivity index (χ1n) is 12.8. The van der Waals surface area contributed by atoms with E-state index in [0.29, 0.717) is 47.3 Å². The molecule has 2 fully saturated rings. The van der Waals surface area contributed by atoms with Crippen molar-refractivity contribution in [1.82, 2.24) is 0 Å². The van der Waals surface area contributed by atoms with E-state index in [2.05, 4.69) is 0 Å². The standard InChI is InChI=1S/C32H26O8/c1-31(19-35-31)39-27-15-7-23(8-16-27)29(33)37-25-11-3-21(4-12-25)22-5-13-26(14-6-22)38-30(34)24-9-17-28(18-10-24)40-32(2)20-36-32/h3-18H,19-20H2,1-2H3. The lowest BCUT2D eigenvalue weighted by Gasteiger charge is -2.10. The van der Waals surface area contributed by atoms with Gasteiger partial charge in [-0.15, -0.1) is 0 Å². The minimum Gasteiger partial charge on any atom is -0.460 e. The highest BCUT2D eigenvalue weighted by Gasteiger charge is 2.42. The molecule has 2 saturated heterocycles. The molecule has 4 aromatic carbocycles. The van der Waals surface area contributed by atoms with E-state index in [1.165, 1.54) is 0 Å². The number of rotatable bonds is 9. The molecule has 0 amide bonds. The van der Waals surface area contributed by atoms with Gasteiger partial charge in [0, 0.05) is 13.8 Å². The predicted octanol–water partition coefficient (Wildman–Crippen LogP) is 6.04. The van der Waals surface area contributed by atoms with Crippen LogP contribution in [0.4, 0.5) is 0 Å². The van der Waals surface area contributed by atoms with E-state index in [9.17, 15) is 9.59 Å². The average Bonchev–Trinajstić information content (AvgIpc) is 3.88. The molecule has 8 nitrogen and oxygen atoms in total. The molecule has 2 atom stereocenters. The number of hydrogen-bond acceptors (Lipinski definition) is 8. The van der Waals surface area contributed by atoms with Crippen molar-refractivity contribution >= 4 is 11.9 Å². The number of benzene rings is 4. The quantitative estimate of drug-likeness (QED) is 0.145. The predicted molar refractivity (Wildman–Crippen MR) is 145 cm³/mol. The highest BCUT2D eigenvalue weighted by molar-refractivity contribution is 5.92. The second-order valence-corrected chi connectivity index (χ2v) is 9.93. The van der Waals surface area contributed by atoms with Crippen molar-refractivity contribution in [3.8, 4) is 34.1 Å². The number of ether oxygens (including phenoxy) is 6. The van der Waals surface area contributed by atoms with Crippen LogP contribution in [0.3, 0.4) is 0 Å². The average molecular weight is 539 g/mol. The fourth-order valence-electron chi connectivity index (χ4n) is 3.90. The Morgan fingerprint density at radius 2 is 0.825 bits per heavy atom. The Hall–Kier alpha value is -4.66. The first-order valence-corrected chi connectivity index (χ1v) is 12.8. The molecular formula is C32H26O8. The lowest BCUT2D eigenvalue weighted by Crippen LogP contribution is -2.14. The number of carbonyl (C=O) groups excluding carboxylic acids is 2. The maximum atomic E-state index is 12.5. The molecule has 0 spiro atoms. The first kappa shape index (κ1) is 25.6. The Kier molecular flexibility index (Phi) is 6.50. The SMILES string of the molecule is CC1(Oc2ccc(C(=O)Oc3ccc(-c4ccc(OC(=O)c5ccc(OC6(C)CO6)cc5)cc4)cc3)cc2)CO1. The van der Waals surface area contributed by atoms with Crippen LogP contribution in [-0.2, 0) is 9.47 Å². The summed E-state index contributed by atoms with van der Waals surface area (Å²) in [6, 6.07) is 27.8. The van der Waals surface area contributed by atoms with Gasteiger partial charge >= 0.3 is 11.9 Å². The topological polar surface area (TPSA) is 96.1 Å². The van der Waals surface area contributed by atoms with Crippen LogP contribution in [0.1, 0.15) is 34.6 Å². The van der Waals surface area contributed by atoms with Gasteiger partial charge in [-0.1, -0.05) is 24.3 Å². The van der Waals surface area contributed by atoms with Crippen LogP contribution in [-0.4, -0.2) is 36.7 Å². The second kappa shape index (κ2) is 10.1. The summed E-state index contributed by atoms with van der Waals surface area (Å²) in [5.74, 6) is 0.0342. The Morgan fingerprint density at radius 1 is 0.525 bits per heavy atom. The summed E-state index contributed by atoms with van der Waals surface area (Å²) in [6.07, 6.45) is 0. The van der Waals surface area contributed by atoms with Crippen molar-refractivity contribution < 1.29 is 38.0 Å². The van der Waals surface area contributed by atoms with Crippen molar-refractivity contribution in [3.63, 3.8) is 0 Å². The number of epoxide rings is 2. The van der Waals surface area contributed by atoms with Crippen molar-refractivity contribution in [1.29, 1.82) is 0 Å². The molecule has 0 saturated carbocycles. The molecule has 202 valence electrons. The largest absolute Gasteiger partial charge is 0.460 e. The molecule has 6 rings (SSSR count). The molecule has 0 aliphatic carbocycles. The van der Waals surface area contributed by atoms with E-state index in [4.69, 9.17) is 28.4 Å². The molecule has 2 unspecified atom stereocenters. The normalized spacial score (nSPS) is 20.8. The highest BCUT2D eigenvalue weighted by atomic mass is 16.8. The van der Waals surface area contributed by atoms with E-state index >= 15 is 0 Å². The summed E-state index contributed by atoms with van der Waals surface area (Å²) < 4.78 is 32.8. The maximum absolute atomic E-state index is 12.5. The Balaban J connectivity index is 1.02. The molecule has 2 aliphatic heterocycles. The van der Waals surface area contributed by atoms with E-state index in [-0.39, 0.29) is 0 Å². The fraction of sp³-hybridized carbons (Fsp3) is 0.188. The molecule has 2 aliphatic rings. The van der Waals surface area contributed by atoms with Gasteiger partial charge in [-0.3, -0.25) is 0 Å². The lowest BCUT2D eigenvalue weighted by atomic mass is 10.1. The maximum Gasteiger partial charge on any atom is 0.343 e. The molecule has 0 aromatic heterocycles. The van der Waals surface area contributed by atoms with Crippen molar-refractivity contribution in [2.24, 2.45) is 0 Å². The number of carbonyl (C=O) groups is 2. The molecule has 0 bridgehead atoms. The van der Waals surface area contributed by atoms with Crippen LogP contribution < -0.4 is 18.9 Å². The Bertz CT molecular complexity index is 1400. The van der Waals surface area contributed by atoms with Crippen LogP contribution in [0, 0.1) is 0 Å². The summed E-state index contributed by atoms with van der Waals surface area (Å²) in [6.45, 7) is 4.80. The number of esters is 2. The summed E-state index contributed by atoms with van der Waals surface area (Å²) in [5, 5.41) is 0. The van der Waals surface area contributed by atoms with Gasteiger partial charge in [0.2, 0.25) is 11.6 Å². The smallest absolute Gasteiger partial charge is 0.343 e. The minimum absolute atomic E-state index is 0.412. The lowest BCUT2D eigenvalue weighted by molar-refractivity contribution is 0.0722. The van der Waals surface area contributed by atoms with Gasteiger partial charge in [-0.25, -0.2) is 9.59 Å².